The minimum Gasteiger partial charge on any atom is -0.481 e. The normalized spacial score (nSPS) is 30.9. The summed E-state index contributed by atoms with van der Waals surface area (Å²) in [5, 5.41) is 9.09. The average molecular weight is 225 g/mol. The summed E-state index contributed by atoms with van der Waals surface area (Å²) < 4.78 is 0. The lowest BCUT2D eigenvalue weighted by Crippen LogP contribution is -2.47. The van der Waals surface area contributed by atoms with Gasteiger partial charge in [0.25, 0.3) is 0 Å². The molecule has 1 aliphatic carbocycles. The standard InChI is InChI=1S/C11H15NO4/c13-9-5-6-10(14)12(9)8-4-2-1-3-7(8)11(15)16/h7-8H,1-6H2,(H,15,16). The van der Waals surface area contributed by atoms with Crippen molar-refractivity contribution < 1.29 is 19.5 Å². The van der Waals surface area contributed by atoms with Crippen LogP contribution in [0.1, 0.15) is 38.5 Å². The van der Waals surface area contributed by atoms with E-state index in [-0.39, 0.29) is 24.7 Å². The first kappa shape index (κ1) is 11.1. The van der Waals surface area contributed by atoms with E-state index in [1.54, 1.807) is 0 Å². The molecular weight excluding hydrogens is 210 g/mol. The molecule has 0 aromatic rings. The van der Waals surface area contributed by atoms with Crippen LogP contribution in [-0.4, -0.2) is 33.8 Å². The zero-order valence-electron chi connectivity index (χ0n) is 9.02. The first-order valence-electron chi connectivity index (χ1n) is 5.69. The molecule has 2 amide bonds. The molecule has 16 heavy (non-hydrogen) atoms. The molecule has 88 valence electrons. The second-order valence-corrected chi connectivity index (χ2v) is 4.45. The van der Waals surface area contributed by atoms with Gasteiger partial charge in [0.1, 0.15) is 0 Å². The van der Waals surface area contributed by atoms with Gasteiger partial charge < -0.3 is 5.11 Å². The maximum atomic E-state index is 11.6. The molecule has 2 rings (SSSR count). The van der Waals surface area contributed by atoms with Crippen LogP contribution in [0.2, 0.25) is 0 Å². The molecule has 0 spiro atoms. The monoisotopic (exact) mass is 225 g/mol. The highest BCUT2D eigenvalue weighted by Gasteiger charge is 2.42. The Bertz CT molecular complexity index is 323. The summed E-state index contributed by atoms with van der Waals surface area (Å²) in [5.74, 6) is -1.87. The molecule has 1 saturated carbocycles. The van der Waals surface area contributed by atoms with E-state index in [4.69, 9.17) is 5.11 Å². The van der Waals surface area contributed by atoms with Crippen molar-refractivity contribution in [2.45, 2.75) is 44.6 Å². The molecule has 5 nitrogen and oxygen atoms in total. The van der Waals surface area contributed by atoms with E-state index >= 15 is 0 Å². The number of nitrogens with zero attached hydrogens (tertiary/aromatic N) is 1. The maximum absolute atomic E-state index is 11.6. The summed E-state index contributed by atoms with van der Waals surface area (Å²) >= 11 is 0. The lowest BCUT2D eigenvalue weighted by molar-refractivity contribution is -0.151. The van der Waals surface area contributed by atoms with Crippen LogP contribution in [0.15, 0.2) is 0 Å². The van der Waals surface area contributed by atoms with Gasteiger partial charge in [-0.15, -0.1) is 0 Å². The van der Waals surface area contributed by atoms with E-state index < -0.39 is 17.9 Å². The second-order valence-electron chi connectivity index (χ2n) is 4.45. The number of carboxylic acids is 1. The fourth-order valence-electron chi connectivity index (χ4n) is 2.67. The topological polar surface area (TPSA) is 74.7 Å². The molecule has 1 heterocycles. The van der Waals surface area contributed by atoms with Crippen LogP contribution < -0.4 is 0 Å². The van der Waals surface area contributed by atoms with Crippen LogP contribution >= 0.6 is 0 Å². The molecule has 1 saturated heterocycles. The van der Waals surface area contributed by atoms with E-state index in [2.05, 4.69) is 0 Å². The average Bonchev–Trinajstić information content (AvgIpc) is 2.58. The Hall–Kier alpha value is -1.39. The zero-order valence-corrected chi connectivity index (χ0v) is 9.02. The highest BCUT2D eigenvalue weighted by atomic mass is 16.4. The Balaban J connectivity index is 2.19. The minimum absolute atomic E-state index is 0.205. The van der Waals surface area contributed by atoms with E-state index in [9.17, 15) is 14.4 Å². The number of likely N-dealkylation sites (tertiary alicyclic amines) is 1. The number of carbonyl (C=O) groups is 3. The van der Waals surface area contributed by atoms with Gasteiger partial charge in [-0.2, -0.15) is 0 Å². The van der Waals surface area contributed by atoms with Gasteiger partial charge in [0.2, 0.25) is 11.8 Å². The predicted octanol–water partition coefficient (Wildman–Crippen LogP) is 0.779. The van der Waals surface area contributed by atoms with Crippen molar-refractivity contribution in [2.24, 2.45) is 5.92 Å². The van der Waals surface area contributed by atoms with Crippen LogP contribution in [-0.2, 0) is 14.4 Å². The number of rotatable bonds is 2. The Morgan fingerprint density at radius 1 is 1.12 bits per heavy atom. The van der Waals surface area contributed by atoms with Gasteiger partial charge in [0.05, 0.1) is 12.0 Å². The summed E-state index contributed by atoms with van der Waals surface area (Å²) in [4.78, 5) is 35.4. The number of hydrogen-bond acceptors (Lipinski definition) is 3. The van der Waals surface area contributed by atoms with Crippen LogP contribution in [0.5, 0.6) is 0 Å². The Labute approximate surface area is 93.4 Å². The molecule has 2 unspecified atom stereocenters. The van der Waals surface area contributed by atoms with Crippen molar-refractivity contribution in [3.8, 4) is 0 Å². The lowest BCUT2D eigenvalue weighted by atomic mass is 9.83. The van der Waals surface area contributed by atoms with Crippen LogP contribution in [0.3, 0.4) is 0 Å². The van der Waals surface area contributed by atoms with Crippen LogP contribution in [0.4, 0.5) is 0 Å². The summed E-state index contributed by atoms with van der Waals surface area (Å²) in [6, 6.07) is -0.409. The summed E-state index contributed by atoms with van der Waals surface area (Å²) in [6.45, 7) is 0. The van der Waals surface area contributed by atoms with Crippen LogP contribution in [0, 0.1) is 5.92 Å². The number of imide groups is 1. The quantitative estimate of drug-likeness (QED) is 0.705. The van der Waals surface area contributed by atoms with Gasteiger partial charge in [-0.1, -0.05) is 12.8 Å². The molecule has 1 N–H and O–H groups in total. The van der Waals surface area contributed by atoms with Gasteiger partial charge in [-0.3, -0.25) is 19.3 Å². The second kappa shape index (κ2) is 4.23. The van der Waals surface area contributed by atoms with Gasteiger partial charge in [0, 0.05) is 12.8 Å². The molecule has 2 aliphatic rings. The lowest BCUT2D eigenvalue weighted by Gasteiger charge is -2.34. The third-order valence-electron chi connectivity index (χ3n) is 3.47. The third kappa shape index (κ3) is 1.81. The highest BCUT2D eigenvalue weighted by molar-refractivity contribution is 6.02. The smallest absolute Gasteiger partial charge is 0.308 e. The minimum atomic E-state index is -0.891. The van der Waals surface area contributed by atoms with Crippen molar-refractivity contribution >= 4 is 17.8 Å². The Kier molecular flexibility index (Phi) is 2.94. The molecule has 2 atom stereocenters. The van der Waals surface area contributed by atoms with Gasteiger partial charge in [0.15, 0.2) is 0 Å². The van der Waals surface area contributed by atoms with E-state index in [0.717, 1.165) is 12.8 Å². The van der Waals surface area contributed by atoms with E-state index in [0.29, 0.717) is 12.8 Å². The maximum Gasteiger partial charge on any atom is 0.308 e. The highest BCUT2D eigenvalue weighted by Crippen LogP contribution is 2.31. The van der Waals surface area contributed by atoms with Crippen molar-refractivity contribution in [3.05, 3.63) is 0 Å². The number of carbonyl (C=O) groups excluding carboxylic acids is 2. The first-order chi connectivity index (χ1) is 7.61. The molecule has 0 aromatic carbocycles. The summed E-state index contributed by atoms with van der Waals surface area (Å²) in [5.41, 5.74) is 0. The number of carboxylic acid groups (broad SMARTS) is 1. The summed E-state index contributed by atoms with van der Waals surface area (Å²) in [7, 11) is 0. The Morgan fingerprint density at radius 3 is 2.25 bits per heavy atom. The van der Waals surface area contributed by atoms with E-state index in [1.807, 2.05) is 0 Å². The largest absolute Gasteiger partial charge is 0.481 e. The van der Waals surface area contributed by atoms with Crippen molar-refractivity contribution in [3.63, 3.8) is 0 Å². The zero-order chi connectivity index (χ0) is 11.7. The molecular formula is C11H15NO4. The molecule has 0 bridgehead atoms. The molecule has 0 aromatic heterocycles. The predicted molar refractivity (Wildman–Crippen MR) is 54.5 cm³/mol. The molecule has 0 radical (unpaired) electrons. The number of amides is 2. The molecule has 1 aliphatic heterocycles. The van der Waals surface area contributed by atoms with Crippen molar-refractivity contribution in [1.82, 2.24) is 4.90 Å². The van der Waals surface area contributed by atoms with Crippen molar-refractivity contribution in [2.75, 3.05) is 0 Å². The van der Waals surface area contributed by atoms with Crippen molar-refractivity contribution in [1.29, 1.82) is 0 Å². The molecule has 2 fully saturated rings. The SMILES string of the molecule is O=C(O)C1CCCCC1N1C(=O)CCC1=O. The number of aliphatic carboxylic acids is 1. The van der Waals surface area contributed by atoms with Gasteiger partial charge in [-0.25, -0.2) is 0 Å². The first-order valence-corrected chi connectivity index (χ1v) is 5.69. The Morgan fingerprint density at radius 2 is 1.69 bits per heavy atom. The fourth-order valence-corrected chi connectivity index (χ4v) is 2.67. The molecule has 5 heteroatoms. The number of hydrogen-bond donors (Lipinski definition) is 1. The third-order valence-corrected chi connectivity index (χ3v) is 3.47. The fraction of sp³-hybridized carbons (Fsp3) is 0.727. The van der Waals surface area contributed by atoms with Gasteiger partial charge in [-0.05, 0) is 12.8 Å². The van der Waals surface area contributed by atoms with Gasteiger partial charge >= 0.3 is 5.97 Å². The summed E-state index contributed by atoms with van der Waals surface area (Å²) in [6.07, 6.45) is 3.43. The van der Waals surface area contributed by atoms with Crippen LogP contribution in [0.25, 0.3) is 0 Å². The van der Waals surface area contributed by atoms with E-state index in [1.165, 1.54) is 4.90 Å².